The van der Waals surface area contributed by atoms with E-state index in [-0.39, 0.29) is 0 Å². The number of para-hydroxylation sites is 1. The normalized spacial score (nSPS) is 19.7. The van der Waals surface area contributed by atoms with Crippen molar-refractivity contribution in [3.8, 4) is 11.8 Å². The second-order valence-corrected chi connectivity index (χ2v) is 4.79. The third-order valence-corrected chi connectivity index (χ3v) is 3.61. The first-order chi connectivity index (χ1) is 8.85. The molecule has 0 bridgehead atoms. The molecule has 1 aromatic rings. The van der Waals surface area contributed by atoms with Crippen LogP contribution < -0.4 is 4.74 Å². The predicted molar refractivity (Wildman–Crippen MR) is 71.6 cm³/mol. The van der Waals surface area contributed by atoms with Crippen LogP contribution in [0.4, 0.5) is 0 Å². The molecule has 0 radical (unpaired) electrons. The van der Waals surface area contributed by atoms with Crippen LogP contribution in [-0.2, 0) is 0 Å². The first-order valence-corrected chi connectivity index (χ1v) is 6.57. The van der Waals surface area contributed by atoms with Crippen molar-refractivity contribution < 1.29 is 4.74 Å². The average Bonchev–Trinajstić information content (AvgIpc) is 2.88. The Balaban J connectivity index is 1.94. The van der Waals surface area contributed by atoms with Crippen LogP contribution in [0.1, 0.15) is 30.7 Å². The Morgan fingerprint density at radius 1 is 1.44 bits per heavy atom. The Morgan fingerprint density at radius 3 is 3.06 bits per heavy atom. The Bertz CT molecular complexity index is 425. The van der Waals surface area contributed by atoms with E-state index in [1.54, 1.807) is 7.11 Å². The van der Waals surface area contributed by atoms with E-state index >= 15 is 0 Å². The summed E-state index contributed by atoms with van der Waals surface area (Å²) in [7, 11) is 1.73. The number of methoxy groups -OCH3 is 1. The van der Waals surface area contributed by atoms with Crippen molar-refractivity contribution in [3.63, 3.8) is 0 Å². The highest BCUT2D eigenvalue weighted by molar-refractivity contribution is 5.36. The van der Waals surface area contributed by atoms with Gasteiger partial charge in [-0.1, -0.05) is 18.2 Å². The first-order valence-electron chi connectivity index (χ1n) is 6.57. The van der Waals surface area contributed by atoms with Crippen LogP contribution in [0.25, 0.3) is 0 Å². The summed E-state index contributed by atoms with van der Waals surface area (Å²) in [5, 5.41) is 8.55. The Labute approximate surface area is 109 Å². The molecule has 1 aliphatic heterocycles. The molecule has 1 fully saturated rings. The highest BCUT2D eigenvalue weighted by atomic mass is 16.5. The fourth-order valence-corrected chi connectivity index (χ4v) is 2.68. The SMILES string of the molecule is COc1ccccc1[C@H]1CCN(CCCC#N)C1. The van der Waals surface area contributed by atoms with Gasteiger partial charge >= 0.3 is 0 Å². The van der Waals surface area contributed by atoms with Gasteiger partial charge in [-0.3, -0.25) is 0 Å². The van der Waals surface area contributed by atoms with Gasteiger partial charge in [0.1, 0.15) is 5.75 Å². The molecule has 3 heteroatoms. The summed E-state index contributed by atoms with van der Waals surface area (Å²) in [5.74, 6) is 1.57. The summed E-state index contributed by atoms with van der Waals surface area (Å²) < 4.78 is 5.43. The lowest BCUT2D eigenvalue weighted by atomic mass is 9.97. The summed E-state index contributed by atoms with van der Waals surface area (Å²) in [6.07, 6.45) is 2.83. The number of nitrogens with zero attached hydrogens (tertiary/aromatic N) is 2. The molecule has 0 spiro atoms. The summed E-state index contributed by atoms with van der Waals surface area (Å²) in [4.78, 5) is 2.45. The minimum atomic E-state index is 0.572. The molecule has 1 saturated heterocycles. The van der Waals surface area contributed by atoms with Gasteiger partial charge < -0.3 is 9.64 Å². The van der Waals surface area contributed by atoms with E-state index in [4.69, 9.17) is 10.00 Å². The third kappa shape index (κ3) is 3.02. The van der Waals surface area contributed by atoms with Crippen LogP contribution in [0.15, 0.2) is 24.3 Å². The summed E-state index contributed by atoms with van der Waals surface area (Å²) >= 11 is 0. The van der Waals surface area contributed by atoms with Gasteiger partial charge in [0.2, 0.25) is 0 Å². The van der Waals surface area contributed by atoms with Crippen LogP contribution in [-0.4, -0.2) is 31.6 Å². The van der Waals surface area contributed by atoms with Crippen LogP contribution in [0.2, 0.25) is 0 Å². The van der Waals surface area contributed by atoms with Crippen molar-refractivity contribution in [1.82, 2.24) is 4.90 Å². The molecule has 1 aliphatic rings. The van der Waals surface area contributed by atoms with Crippen molar-refractivity contribution in [1.29, 1.82) is 5.26 Å². The van der Waals surface area contributed by atoms with E-state index in [2.05, 4.69) is 23.1 Å². The number of ether oxygens (including phenoxy) is 1. The van der Waals surface area contributed by atoms with Gasteiger partial charge in [0.15, 0.2) is 0 Å². The highest BCUT2D eigenvalue weighted by Crippen LogP contribution is 2.33. The van der Waals surface area contributed by atoms with Gasteiger partial charge in [-0.15, -0.1) is 0 Å². The lowest BCUT2D eigenvalue weighted by Gasteiger charge is -2.16. The molecule has 3 nitrogen and oxygen atoms in total. The Hall–Kier alpha value is -1.53. The van der Waals surface area contributed by atoms with Gasteiger partial charge in [0.25, 0.3) is 0 Å². The zero-order valence-electron chi connectivity index (χ0n) is 10.9. The van der Waals surface area contributed by atoms with Crippen LogP contribution in [0.3, 0.4) is 0 Å². The van der Waals surface area contributed by atoms with Gasteiger partial charge in [0.05, 0.1) is 13.2 Å². The molecule has 0 saturated carbocycles. The highest BCUT2D eigenvalue weighted by Gasteiger charge is 2.25. The first kappa shape index (κ1) is 12.9. The maximum Gasteiger partial charge on any atom is 0.122 e. The van der Waals surface area contributed by atoms with Gasteiger partial charge in [-0.2, -0.15) is 5.26 Å². The molecule has 96 valence electrons. The number of rotatable bonds is 5. The van der Waals surface area contributed by atoms with Crippen LogP contribution >= 0.6 is 0 Å². The average molecular weight is 244 g/mol. The second-order valence-electron chi connectivity index (χ2n) is 4.79. The minimum absolute atomic E-state index is 0.572. The third-order valence-electron chi connectivity index (χ3n) is 3.61. The monoisotopic (exact) mass is 244 g/mol. The molecule has 0 unspecified atom stereocenters. The molecule has 0 aromatic heterocycles. The number of unbranched alkanes of at least 4 members (excludes halogenated alkanes) is 1. The molecular weight excluding hydrogens is 224 g/mol. The van der Waals surface area contributed by atoms with Crippen LogP contribution in [0, 0.1) is 11.3 Å². The quantitative estimate of drug-likeness (QED) is 0.747. The van der Waals surface area contributed by atoms with Crippen LogP contribution in [0.5, 0.6) is 5.75 Å². The summed E-state index contributed by atoms with van der Waals surface area (Å²) in [5.41, 5.74) is 1.32. The number of hydrogen-bond donors (Lipinski definition) is 0. The number of benzene rings is 1. The molecule has 0 amide bonds. The van der Waals surface area contributed by atoms with E-state index < -0.39 is 0 Å². The number of hydrogen-bond acceptors (Lipinski definition) is 3. The van der Waals surface area contributed by atoms with Crippen molar-refractivity contribution in [3.05, 3.63) is 29.8 Å². The van der Waals surface area contributed by atoms with Crippen molar-refractivity contribution >= 4 is 0 Å². The van der Waals surface area contributed by atoms with Gasteiger partial charge in [-0.25, -0.2) is 0 Å². The lowest BCUT2D eigenvalue weighted by Crippen LogP contribution is -2.21. The Morgan fingerprint density at radius 2 is 2.28 bits per heavy atom. The van der Waals surface area contributed by atoms with Crippen molar-refractivity contribution in [2.45, 2.75) is 25.2 Å². The fourth-order valence-electron chi connectivity index (χ4n) is 2.68. The van der Waals surface area contributed by atoms with E-state index in [1.807, 2.05) is 12.1 Å². The fraction of sp³-hybridized carbons (Fsp3) is 0.533. The van der Waals surface area contributed by atoms with E-state index in [1.165, 1.54) is 12.0 Å². The molecule has 1 atom stereocenters. The van der Waals surface area contributed by atoms with E-state index in [9.17, 15) is 0 Å². The smallest absolute Gasteiger partial charge is 0.122 e. The molecule has 1 aromatic carbocycles. The minimum Gasteiger partial charge on any atom is -0.496 e. The molecule has 18 heavy (non-hydrogen) atoms. The zero-order chi connectivity index (χ0) is 12.8. The topological polar surface area (TPSA) is 36.3 Å². The number of likely N-dealkylation sites (tertiary alicyclic amines) is 1. The standard InChI is InChI=1S/C15H20N2O/c1-18-15-7-3-2-6-14(15)13-8-11-17(12-13)10-5-4-9-16/h2-3,6-7,13H,4-5,8,10-12H2,1H3/t13-/m0/s1. The lowest BCUT2D eigenvalue weighted by molar-refractivity contribution is 0.329. The molecule has 1 heterocycles. The van der Waals surface area contributed by atoms with Gasteiger partial charge in [0, 0.05) is 18.9 Å². The maximum atomic E-state index is 8.55. The number of nitriles is 1. The Kier molecular flexibility index (Phi) is 4.60. The maximum absolute atomic E-state index is 8.55. The van der Waals surface area contributed by atoms with Crippen molar-refractivity contribution in [2.75, 3.05) is 26.7 Å². The zero-order valence-corrected chi connectivity index (χ0v) is 10.9. The summed E-state index contributed by atoms with van der Waals surface area (Å²) in [6.45, 7) is 3.26. The van der Waals surface area contributed by atoms with Gasteiger partial charge in [-0.05, 0) is 37.6 Å². The second kappa shape index (κ2) is 6.42. The molecule has 0 aliphatic carbocycles. The largest absolute Gasteiger partial charge is 0.496 e. The predicted octanol–water partition coefficient (Wildman–Crippen LogP) is 2.79. The molecular formula is C15H20N2O. The van der Waals surface area contributed by atoms with E-state index in [0.717, 1.165) is 31.8 Å². The molecule has 2 rings (SSSR count). The molecule has 0 N–H and O–H groups in total. The summed E-state index contributed by atoms with van der Waals surface area (Å²) in [6, 6.07) is 10.5. The van der Waals surface area contributed by atoms with Crippen molar-refractivity contribution in [2.24, 2.45) is 0 Å². The van der Waals surface area contributed by atoms with E-state index in [0.29, 0.717) is 12.3 Å².